The third kappa shape index (κ3) is 6.25. The highest BCUT2D eigenvalue weighted by Gasteiger charge is 2.27. The van der Waals surface area contributed by atoms with Crippen molar-refractivity contribution in [1.82, 2.24) is 4.98 Å². The van der Waals surface area contributed by atoms with Crippen LogP contribution in [0.4, 0.5) is 0 Å². The maximum atomic E-state index is 11.4. The van der Waals surface area contributed by atoms with Gasteiger partial charge in [0.15, 0.2) is 0 Å². The van der Waals surface area contributed by atoms with Gasteiger partial charge in [0.25, 0.3) is 0 Å². The van der Waals surface area contributed by atoms with Gasteiger partial charge in [-0.25, -0.2) is 4.98 Å². The zero-order chi connectivity index (χ0) is 24.1. The van der Waals surface area contributed by atoms with E-state index >= 15 is 0 Å². The van der Waals surface area contributed by atoms with Crippen molar-refractivity contribution in [2.24, 2.45) is 0 Å². The Morgan fingerprint density at radius 1 is 1.18 bits per heavy atom. The van der Waals surface area contributed by atoms with Crippen molar-refractivity contribution in [3.63, 3.8) is 0 Å². The Hall–Kier alpha value is -2.16. The summed E-state index contributed by atoms with van der Waals surface area (Å²) in [5.41, 5.74) is 2.20. The molecule has 1 aliphatic rings. The number of thiazole rings is 1. The molecule has 1 fully saturated rings. The molecule has 3 rings (SSSR count). The Kier molecular flexibility index (Phi) is 8.73. The lowest BCUT2D eigenvalue weighted by Crippen LogP contribution is -2.25. The molecule has 1 saturated carbocycles. The number of hydrogen-bond donors (Lipinski definition) is 2. The van der Waals surface area contributed by atoms with Crippen LogP contribution >= 0.6 is 11.3 Å². The van der Waals surface area contributed by atoms with Gasteiger partial charge in [-0.1, -0.05) is 12.8 Å². The molecule has 1 heterocycles. The molecule has 0 radical (unpaired) electrons. The highest BCUT2D eigenvalue weighted by Crippen LogP contribution is 2.35. The van der Waals surface area contributed by atoms with Gasteiger partial charge in [0.2, 0.25) is 0 Å². The van der Waals surface area contributed by atoms with E-state index in [0.717, 1.165) is 41.1 Å². The van der Waals surface area contributed by atoms with Crippen molar-refractivity contribution in [3.8, 4) is 11.5 Å². The quantitative estimate of drug-likeness (QED) is 0.472. The van der Waals surface area contributed by atoms with Crippen LogP contribution in [0.5, 0.6) is 11.5 Å². The van der Waals surface area contributed by atoms with Crippen LogP contribution in [0.3, 0.4) is 0 Å². The molecule has 7 nitrogen and oxygen atoms in total. The molecule has 182 valence electrons. The number of hydrogen-bond acceptors (Lipinski definition) is 7. The zero-order valence-electron chi connectivity index (χ0n) is 20.1. The van der Waals surface area contributed by atoms with Crippen LogP contribution in [0.2, 0.25) is 0 Å². The van der Waals surface area contributed by atoms with Gasteiger partial charge in [-0.2, -0.15) is 0 Å². The summed E-state index contributed by atoms with van der Waals surface area (Å²) in [7, 11) is 3.20. The number of carbonyl (C=O) groups is 1. The van der Waals surface area contributed by atoms with Gasteiger partial charge in [-0.05, 0) is 51.3 Å². The van der Waals surface area contributed by atoms with Crippen molar-refractivity contribution in [1.29, 1.82) is 0 Å². The van der Waals surface area contributed by atoms with E-state index in [9.17, 15) is 15.0 Å². The molecule has 2 aromatic rings. The van der Waals surface area contributed by atoms with Crippen LogP contribution < -0.4 is 9.47 Å². The lowest BCUT2D eigenvalue weighted by atomic mass is 9.99. The number of ether oxygens (including phenoxy) is 3. The van der Waals surface area contributed by atoms with E-state index in [2.05, 4.69) is 4.98 Å². The molecule has 1 aliphatic carbocycles. The van der Waals surface area contributed by atoms with Gasteiger partial charge in [-0.3, -0.25) is 4.79 Å². The second kappa shape index (κ2) is 11.3. The number of carboxylic acids is 1. The number of aliphatic hydroxyl groups excluding tert-OH is 1. The molecule has 1 aromatic carbocycles. The number of benzene rings is 1. The average Bonchev–Trinajstić information content (AvgIpc) is 3.42. The number of rotatable bonds is 11. The Morgan fingerprint density at radius 2 is 1.79 bits per heavy atom. The molecular formula is C25H35NO6S. The van der Waals surface area contributed by atoms with Gasteiger partial charge >= 0.3 is 5.97 Å². The first-order valence-corrected chi connectivity index (χ1v) is 12.3. The molecule has 0 bridgehead atoms. The Balaban J connectivity index is 1.81. The molecule has 0 spiro atoms. The molecule has 0 amide bonds. The van der Waals surface area contributed by atoms with Gasteiger partial charge in [0.05, 0.1) is 49.2 Å². The second-order valence-corrected chi connectivity index (χ2v) is 10.1. The molecule has 8 heteroatoms. The monoisotopic (exact) mass is 477 g/mol. The fraction of sp³-hybridized carbons (Fsp3) is 0.600. The van der Waals surface area contributed by atoms with Crippen molar-refractivity contribution < 1.29 is 29.2 Å². The predicted molar refractivity (Wildman–Crippen MR) is 128 cm³/mol. The van der Waals surface area contributed by atoms with E-state index in [1.165, 1.54) is 11.3 Å². The molecule has 0 saturated heterocycles. The lowest BCUT2D eigenvalue weighted by Gasteiger charge is -2.25. The highest BCUT2D eigenvalue weighted by atomic mass is 32.1. The number of aliphatic carboxylic acids is 1. The smallest absolute Gasteiger partial charge is 0.312 e. The lowest BCUT2D eigenvalue weighted by molar-refractivity contribution is -0.138. The summed E-state index contributed by atoms with van der Waals surface area (Å²) in [6, 6.07) is 3.69. The van der Waals surface area contributed by atoms with Crippen LogP contribution in [0, 0.1) is 13.8 Å². The Morgan fingerprint density at radius 3 is 2.33 bits per heavy atom. The normalized spacial score (nSPS) is 17.0. The van der Waals surface area contributed by atoms with Gasteiger partial charge in [0, 0.05) is 23.3 Å². The first-order chi connectivity index (χ1) is 15.7. The first kappa shape index (κ1) is 25.5. The standard InChI is InChI=1S/C25H35NO6S/c1-14-21(30-4)10-17(11-22(14)31-5)20(27)12-19(32-18-8-6-7-9-18)13-23-26-24(16(3)33-23)15(2)25(28)29/h10-11,15,18-20,27H,6-9,12-13H2,1-5H3,(H,28,29)/t15-,19+,20-/m0/s1. The molecule has 3 atom stereocenters. The summed E-state index contributed by atoms with van der Waals surface area (Å²) in [5.74, 6) is -0.201. The van der Waals surface area contributed by atoms with Crippen LogP contribution in [0.1, 0.15) is 77.8 Å². The maximum absolute atomic E-state index is 11.4. The molecule has 1 aromatic heterocycles. The number of carboxylic acid groups (broad SMARTS) is 1. The second-order valence-electron chi connectivity index (χ2n) is 8.78. The number of methoxy groups -OCH3 is 2. The number of nitrogens with zero attached hydrogens (tertiary/aromatic N) is 1. The highest BCUT2D eigenvalue weighted by molar-refractivity contribution is 7.11. The van der Waals surface area contributed by atoms with Gasteiger partial charge in [0.1, 0.15) is 11.5 Å². The van der Waals surface area contributed by atoms with Crippen LogP contribution in [0.25, 0.3) is 0 Å². The minimum atomic E-state index is -0.883. The van der Waals surface area contributed by atoms with Crippen LogP contribution in [-0.4, -0.2) is 47.6 Å². The van der Waals surface area contributed by atoms with Crippen molar-refractivity contribution in [2.45, 2.75) is 83.5 Å². The zero-order valence-corrected chi connectivity index (χ0v) is 20.9. The minimum absolute atomic E-state index is 0.183. The summed E-state index contributed by atoms with van der Waals surface area (Å²) in [6.07, 6.45) is 4.47. The number of aromatic nitrogens is 1. The first-order valence-electron chi connectivity index (χ1n) is 11.5. The Labute approximate surface area is 199 Å². The molecule has 0 unspecified atom stereocenters. The van der Waals surface area contributed by atoms with E-state index in [-0.39, 0.29) is 12.2 Å². The van der Waals surface area contributed by atoms with Crippen LogP contribution in [-0.2, 0) is 16.0 Å². The summed E-state index contributed by atoms with van der Waals surface area (Å²) < 4.78 is 17.4. The van der Waals surface area contributed by atoms with Crippen LogP contribution in [0.15, 0.2) is 12.1 Å². The fourth-order valence-electron chi connectivity index (χ4n) is 4.43. The summed E-state index contributed by atoms with van der Waals surface area (Å²) in [4.78, 5) is 17.0. The Bertz CT molecular complexity index is 927. The van der Waals surface area contributed by atoms with Gasteiger partial charge in [-0.15, -0.1) is 11.3 Å². The van der Waals surface area contributed by atoms with Crippen molar-refractivity contribution >= 4 is 17.3 Å². The third-order valence-electron chi connectivity index (χ3n) is 6.39. The maximum Gasteiger partial charge on any atom is 0.312 e. The SMILES string of the molecule is COc1cc([C@@H](O)C[C@H](Cc2nc([C@H](C)C(=O)O)c(C)s2)OC2CCCC2)cc(OC)c1C. The number of aliphatic hydroxyl groups is 1. The average molecular weight is 478 g/mol. The predicted octanol–water partition coefficient (Wildman–Crippen LogP) is 4.96. The van der Waals surface area contributed by atoms with E-state index in [0.29, 0.717) is 35.6 Å². The largest absolute Gasteiger partial charge is 0.496 e. The molecular weight excluding hydrogens is 442 g/mol. The summed E-state index contributed by atoms with van der Waals surface area (Å²) in [6.45, 7) is 5.48. The summed E-state index contributed by atoms with van der Waals surface area (Å²) in [5, 5.41) is 21.3. The van der Waals surface area contributed by atoms with Gasteiger partial charge < -0.3 is 24.4 Å². The minimum Gasteiger partial charge on any atom is -0.496 e. The number of aryl methyl sites for hydroxylation is 1. The topological polar surface area (TPSA) is 98.1 Å². The van der Waals surface area contributed by atoms with E-state index < -0.39 is 18.0 Å². The van der Waals surface area contributed by atoms with E-state index in [1.807, 2.05) is 26.0 Å². The molecule has 33 heavy (non-hydrogen) atoms. The fourth-order valence-corrected chi connectivity index (χ4v) is 5.53. The van der Waals surface area contributed by atoms with Crippen molar-refractivity contribution in [2.75, 3.05) is 14.2 Å². The third-order valence-corrected chi connectivity index (χ3v) is 7.40. The molecule has 2 N–H and O–H groups in total. The van der Waals surface area contributed by atoms with E-state index in [1.54, 1.807) is 21.1 Å². The van der Waals surface area contributed by atoms with E-state index in [4.69, 9.17) is 14.2 Å². The van der Waals surface area contributed by atoms with Crippen molar-refractivity contribution in [3.05, 3.63) is 38.8 Å². The molecule has 0 aliphatic heterocycles. The summed E-state index contributed by atoms with van der Waals surface area (Å²) >= 11 is 1.51.